The molecule has 1 saturated heterocycles. The van der Waals surface area contributed by atoms with Crippen LogP contribution in [-0.2, 0) is 16.3 Å². The Morgan fingerprint density at radius 2 is 2.22 bits per heavy atom. The number of guanidine groups is 1. The zero-order chi connectivity index (χ0) is 16.7. The third kappa shape index (κ3) is 6.17. The largest absolute Gasteiger partial charge is 0.357 e. The van der Waals surface area contributed by atoms with Gasteiger partial charge < -0.3 is 10.6 Å². The van der Waals surface area contributed by atoms with Gasteiger partial charge in [0, 0.05) is 19.6 Å². The number of sulfone groups is 1. The quantitative estimate of drug-likeness (QED) is 0.605. The number of rotatable bonds is 6. The van der Waals surface area contributed by atoms with E-state index < -0.39 is 9.84 Å². The van der Waals surface area contributed by atoms with Crippen LogP contribution in [0.25, 0.3) is 0 Å². The molecule has 1 unspecified atom stereocenters. The fourth-order valence-corrected chi connectivity index (χ4v) is 4.45. The molecule has 0 aliphatic carbocycles. The van der Waals surface area contributed by atoms with Gasteiger partial charge in [0.2, 0.25) is 0 Å². The van der Waals surface area contributed by atoms with E-state index in [0.29, 0.717) is 31.9 Å². The van der Waals surface area contributed by atoms with Crippen molar-refractivity contribution in [1.82, 2.24) is 10.6 Å². The van der Waals surface area contributed by atoms with E-state index in [1.54, 1.807) is 6.07 Å². The molecule has 0 aromatic heterocycles. The molecule has 2 N–H and O–H groups in total. The first kappa shape index (κ1) is 17.7. The maximum absolute atomic E-state index is 13.1. The van der Waals surface area contributed by atoms with Crippen molar-refractivity contribution in [3.05, 3.63) is 35.6 Å². The first-order valence-electron chi connectivity index (χ1n) is 7.95. The lowest BCUT2D eigenvalue weighted by molar-refractivity contribution is 0.589. The molecular weight excluding hydrogens is 317 g/mol. The van der Waals surface area contributed by atoms with Crippen LogP contribution < -0.4 is 10.6 Å². The molecule has 1 aliphatic heterocycles. The number of benzene rings is 1. The molecule has 0 saturated carbocycles. The smallest absolute Gasteiger partial charge is 0.191 e. The van der Waals surface area contributed by atoms with Crippen molar-refractivity contribution in [3.63, 3.8) is 0 Å². The van der Waals surface area contributed by atoms with E-state index in [1.165, 1.54) is 12.1 Å². The zero-order valence-electron chi connectivity index (χ0n) is 13.4. The second-order valence-electron chi connectivity index (χ2n) is 5.80. The average Bonchev–Trinajstić information content (AvgIpc) is 2.84. The van der Waals surface area contributed by atoms with Gasteiger partial charge in [0.05, 0.1) is 11.5 Å². The molecule has 1 atom stereocenters. The van der Waals surface area contributed by atoms with Gasteiger partial charge >= 0.3 is 0 Å². The van der Waals surface area contributed by atoms with Crippen molar-refractivity contribution in [2.75, 3.05) is 31.1 Å². The van der Waals surface area contributed by atoms with Crippen molar-refractivity contribution in [2.45, 2.75) is 19.8 Å². The van der Waals surface area contributed by atoms with Crippen molar-refractivity contribution < 1.29 is 12.8 Å². The first-order valence-corrected chi connectivity index (χ1v) is 9.77. The summed E-state index contributed by atoms with van der Waals surface area (Å²) >= 11 is 0. The number of aliphatic imine (C=N–C) groups is 1. The van der Waals surface area contributed by atoms with Crippen LogP contribution in [0.15, 0.2) is 29.3 Å². The Labute approximate surface area is 137 Å². The lowest BCUT2D eigenvalue weighted by Gasteiger charge is -2.12. The minimum absolute atomic E-state index is 0.110. The summed E-state index contributed by atoms with van der Waals surface area (Å²) in [5.41, 5.74) is 0.926. The molecule has 23 heavy (non-hydrogen) atoms. The van der Waals surface area contributed by atoms with Crippen molar-refractivity contribution in [1.29, 1.82) is 0 Å². The summed E-state index contributed by atoms with van der Waals surface area (Å²) < 4.78 is 36.0. The number of hydrogen-bond acceptors (Lipinski definition) is 3. The minimum atomic E-state index is -2.86. The third-order valence-corrected chi connectivity index (χ3v) is 5.61. The summed E-state index contributed by atoms with van der Waals surface area (Å²) in [5.74, 6) is 1.06. The second kappa shape index (κ2) is 8.29. The average molecular weight is 341 g/mol. The molecule has 0 radical (unpaired) electrons. The predicted molar refractivity (Wildman–Crippen MR) is 90.8 cm³/mol. The molecule has 128 valence electrons. The highest BCUT2D eigenvalue weighted by Crippen LogP contribution is 2.18. The summed E-state index contributed by atoms with van der Waals surface area (Å²) in [4.78, 5) is 4.47. The molecule has 0 amide bonds. The second-order valence-corrected chi connectivity index (χ2v) is 8.02. The Bertz CT molecular complexity index is 646. The fraction of sp³-hybridized carbons (Fsp3) is 0.562. The molecule has 5 nitrogen and oxygen atoms in total. The molecule has 1 fully saturated rings. The lowest BCUT2D eigenvalue weighted by atomic mass is 10.1. The van der Waals surface area contributed by atoms with Gasteiger partial charge in [0.15, 0.2) is 15.8 Å². The Morgan fingerprint density at radius 3 is 2.87 bits per heavy atom. The van der Waals surface area contributed by atoms with Gasteiger partial charge in [0.1, 0.15) is 5.82 Å². The minimum Gasteiger partial charge on any atom is -0.357 e. The topological polar surface area (TPSA) is 70.6 Å². The fourth-order valence-electron chi connectivity index (χ4n) is 2.60. The Balaban J connectivity index is 1.82. The van der Waals surface area contributed by atoms with Crippen LogP contribution in [0.2, 0.25) is 0 Å². The van der Waals surface area contributed by atoms with Crippen LogP contribution in [0, 0.1) is 11.7 Å². The maximum Gasteiger partial charge on any atom is 0.191 e. The molecule has 1 aromatic rings. The monoisotopic (exact) mass is 341 g/mol. The van der Waals surface area contributed by atoms with Gasteiger partial charge in [-0.1, -0.05) is 12.1 Å². The third-order valence-electron chi connectivity index (χ3n) is 3.77. The van der Waals surface area contributed by atoms with Crippen LogP contribution in [0.3, 0.4) is 0 Å². The van der Waals surface area contributed by atoms with Crippen LogP contribution >= 0.6 is 0 Å². The molecule has 1 aromatic carbocycles. The van der Waals surface area contributed by atoms with E-state index in [0.717, 1.165) is 12.1 Å². The van der Waals surface area contributed by atoms with E-state index >= 15 is 0 Å². The predicted octanol–water partition coefficient (Wildman–Crippen LogP) is 1.36. The summed E-state index contributed by atoms with van der Waals surface area (Å²) in [6.07, 6.45) is 1.38. The van der Waals surface area contributed by atoms with E-state index in [-0.39, 0.29) is 23.2 Å². The number of nitrogens with one attached hydrogen (secondary N) is 2. The normalized spacial score (nSPS) is 20.4. The van der Waals surface area contributed by atoms with Crippen LogP contribution in [0.1, 0.15) is 18.9 Å². The molecule has 0 spiro atoms. The number of halogens is 1. The molecule has 0 bridgehead atoms. The molecule has 2 rings (SSSR count). The van der Waals surface area contributed by atoms with Crippen LogP contribution in [0.5, 0.6) is 0 Å². The Hall–Kier alpha value is -1.63. The van der Waals surface area contributed by atoms with E-state index in [1.807, 2.05) is 13.0 Å². The molecule has 1 aliphatic rings. The van der Waals surface area contributed by atoms with Gasteiger partial charge in [-0.05, 0) is 43.4 Å². The standard InChI is InChI=1S/C16H24FN3O2S/c1-2-18-16(20-11-14-7-9-23(21,22)12-14)19-8-6-13-4-3-5-15(17)10-13/h3-5,10,14H,2,6-9,11-12H2,1H3,(H2,18,19,20). The SMILES string of the molecule is CCNC(=NCC1CCS(=O)(=O)C1)NCCc1cccc(F)c1. The van der Waals surface area contributed by atoms with Gasteiger partial charge in [-0.3, -0.25) is 4.99 Å². The summed E-state index contributed by atoms with van der Waals surface area (Å²) in [6.45, 7) is 3.85. The summed E-state index contributed by atoms with van der Waals surface area (Å²) in [5, 5.41) is 6.34. The van der Waals surface area contributed by atoms with Gasteiger partial charge in [-0.2, -0.15) is 0 Å². The van der Waals surface area contributed by atoms with Gasteiger partial charge in [0.25, 0.3) is 0 Å². The van der Waals surface area contributed by atoms with Crippen molar-refractivity contribution in [3.8, 4) is 0 Å². The van der Waals surface area contributed by atoms with E-state index in [2.05, 4.69) is 15.6 Å². The van der Waals surface area contributed by atoms with Gasteiger partial charge in [-0.15, -0.1) is 0 Å². The zero-order valence-corrected chi connectivity index (χ0v) is 14.2. The van der Waals surface area contributed by atoms with E-state index in [9.17, 15) is 12.8 Å². The summed E-state index contributed by atoms with van der Waals surface area (Å²) in [7, 11) is -2.86. The number of nitrogens with zero attached hydrogens (tertiary/aromatic N) is 1. The Morgan fingerprint density at radius 1 is 1.39 bits per heavy atom. The van der Waals surface area contributed by atoms with Gasteiger partial charge in [-0.25, -0.2) is 12.8 Å². The highest BCUT2D eigenvalue weighted by Gasteiger charge is 2.27. The van der Waals surface area contributed by atoms with Crippen LogP contribution in [-0.4, -0.2) is 45.5 Å². The van der Waals surface area contributed by atoms with E-state index in [4.69, 9.17) is 0 Å². The molecule has 7 heteroatoms. The number of hydrogen-bond donors (Lipinski definition) is 2. The molecule has 1 heterocycles. The first-order chi connectivity index (χ1) is 11.0. The highest BCUT2D eigenvalue weighted by molar-refractivity contribution is 7.91. The van der Waals surface area contributed by atoms with Crippen molar-refractivity contribution in [2.24, 2.45) is 10.9 Å². The molecular formula is C16H24FN3O2S. The highest BCUT2D eigenvalue weighted by atomic mass is 32.2. The Kier molecular flexibility index (Phi) is 6.38. The maximum atomic E-state index is 13.1. The van der Waals surface area contributed by atoms with Crippen molar-refractivity contribution >= 4 is 15.8 Å². The summed E-state index contributed by atoms with van der Waals surface area (Å²) in [6, 6.07) is 6.54. The lowest BCUT2D eigenvalue weighted by Crippen LogP contribution is -2.38. The van der Waals surface area contributed by atoms with Crippen LogP contribution in [0.4, 0.5) is 4.39 Å².